The van der Waals surface area contributed by atoms with E-state index in [4.69, 9.17) is 11.6 Å². The Morgan fingerprint density at radius 2 is 2.07 bits per heavy atom. The Kier molecular flexibility index (Phi) is 2.80. The number of aliphatic hydroxyl groups excluding tert-OH is 1. The minimum atomic E-state index is -0.640. The number of aromatic amines is 1. The molecule has 0 aliphatic heterocycles. The van der Waals surface area contributed by atoms with Crippen molar-refractivity contribution in [3.8, 4) is 0 Å². The molecule has 0 saturated heterocycles. The average molecular weight is 222 g/mol. The molecule has 2 N–H and O–H groups in total. The van der Waals surface area contributed by atoms with Gasteiger partial charge in [0, 0.05) is 16.9 Å². The summed E-state index contributed by atoms with van der Waals surface area (Å²) < 4.78 is 0. The second-order valence-corrected chi connectivity index (χ2v) is 3.89. The van der Waals surface area contributed by atoms with Crippen LogP contribution in [-0.2, 0) is 0 Å². The zero-order valence-corrected chi connectivity index (χ0v) is 9.12. The Hall–Kier alpha value is -1.25. The number of hydrogen-bond acceptors (Lipinski definition) is 1. The Morgan fingerprint density at radius 3 is 2.73 bits per heavy atom. The molecule has 0 radical (unpaired) electrons. The maximum Gasteiger partial charge on any atom is 0.119 e. The number of rotatable bonds is 2. The van der Waals surface area contributed by atoms with Gasteiger partial charge in [-0.3, -0.25) is 0 Å². The lowest BCUT2D eigenvalue weighted by Gasteiger charge is -2.13. The Morgan fingerprint density at radius 1 is 1.27 bits per heavy atom. The molecule has 2 nitrogen and oxygen atoms in total. The van der Waals surface area contributed by atoms with Gasteiger partial charge < -0.3 is 10.1 Å². The van der Waals surface area contributed by atoms with E-state index in [2.05, 4.69) is 4.98 Å². The first-order chi connectivity index (χ1) is 7.20. The predicted octanol–water partition coefficient (Wildman–Crippen LogP) is 3.06. The van der Waals surface area contributed by atoms with Crippen LogP contribution in [0.4, 0.5) is 0 Å². The van der Waals surface area contributed by atoms with Crippen molar-refractivity contribution in [2.24, 2.45) is 0 Å². The van der Waals surface area contributed by atoms with Gasteiger partial charge in [0.25, 0.3) is 0 Å². The zero-order chi connectivity index (χ0) is 10.8. The van der Waals surface area contributed by atoms with Crippen LogP contribution in [0.2, 0.25) is 5.02 Å². The highest BCUT2D eigenvalue weighted by Crippen LogP contribution is 2.27. The molecule has 0 spiro atoms. The summed E-state index contributed by atoms with van der Waals surface area (Å²) in [5.41, 5.74) is 2.53. The molecule has 1 unspecified atom stereocenters. The molecule has 1 atom stereocenters. The largest absolute Gasteiger partial charge is 0.382 e. The van der Waals surface area contributed by atoms with Crippen LogP contribution in [-0.4, -0.2) is 10.1 Å². The van der Waals surface area contributed by atoms with Crippen LogP contribution in [0, 0.1) is 6.92 Å². The lowest BCUT2D eigenvalue weighted by molar-refractivity contribution is 0.215. The molecule has 1 aromatic carbocycles. The summed E-state index contributed by atoms with van der Waals surface area (Å²) >= 11 is 6.00. The van der Waals surface area contributed by atoms with Crippen LogP contribution in [0.3, 0.4) is 0 Å². The highest BCUT2D eigenvalue weighted by molar-refractivity contribution is 6.31. The van der Waals surface area contributed by atoms with Gasteiger partial charge in [-0.25, -0.2) is 0 Å². The molecule has 3 heteroatoms. The number of nitrogens with one attached hydrogen (secondary N) is 1. The maximum atomic E-state index is 10.1. The molecule has 15 heavy (non-hydrogen) atoms. The molecule has 0 bridgehead atoms. The van der Waals surface area contributed by atoms with Gasteiger partial charge in [-0.05, 0) is 36.2 Å². The van der Waals surface area contributed by atoms with E-state index in [9.17, 15) is 5.11 Å². The molecular formula is C12H12ClNO. The molecule has 0 aliphatic rings. The molecule has 2 rings (SSSR count). The van der Waals surface area contributed by atoms with E-state index in [0.29, 0.717) is 5.02 Å². The van der Waals surface area contributed by atoms with Crippen LogP contribution in [0.15, 0.2) is 36.5 Å². The molecule has 78 valence electrons. The van der Waals surface area contributed by atoms with Crippen molar-refractivity contribution in [3.63, 3.8) is 0 Å². The number of benzene rings is 1. The molecule has 2 aromatic rings. The molecule has 0 saturated carbocycles. The van der Waals surface area contributed by atoms with E-state index in [1.165, 1.54) is 0 Å². The van der Waals surface area contributed by atoms with Crippen LogP contribution in [0.1, 0.15) is 22.9 Å². The summed E-state index contributed by atoms with van der Waals surface area (Å²) in [6.07, 6.45) is 1.15. The van der Waals surface area contributed by atoms with E-state index in [0.717, 1.165) is 16.8 Å². The lowest BCUT2D eigenvalue weighted by Crippen LogP contribution is -2.02. The van der Waals surface area contributed by atoms with Crippen molar-refractivity contribution >= 4 is 11.6 Å². The minimum absolute atomic E-state index is 0.640. The normalized spacial score (nSPS) is 12.7. The van der Waals surface area contributed by atoms with E-state index in [1.54, 1.807) is 6.20 Å². The fraction of sp³-hybridized carbons (Fsp3) is 0.167. The number of H-pyrrole nitrogens is 1. The summed E-state index contributed by atoms with van der Waals surface area (Å²) in [7, 11) is 0. The number of aliphatic hydroxyl groups is 1. The van der Waals surface area contributed by atoms with Crippen LogP contribution < -0.4 is 0 Å². The van der Waals surface area contributed by atoms with Crippen molar-refractivity contribution in [1.82, 2.24) is 4.98 Å². The van der Waals surface area contributed by atoms with Crippen LogP contribution >= 0.6 is 11.6 Å². The van der Waals surface area contributed by atoms with Crippen molar-refractivity contribution in [1.29, 1.82) is 0 Å². The number of aromatic nitrogens is 1. The Balaban J connectivity index is 2.42. The number of hydrogen-bond donors (Lipinski definition) is 2. The maximum absolute atomic E-state index is 10.1. The van der Waals surface area contributed by atoms with Crippen molar-refractivity contribution in [2.75, 3.05) is 0 Å². The topological polar surface area (TPSA) is 36.0 Å². The van der Waals surface area contributed by atoms with Gasteiger partial charge in [0.05, 0.1) is 0 Å². The highest BCUT2D eigenvalue weighted by atomic mass is 35.5. The zero-order valence-electron chi connectivity index (χ0n) is 8.37. The average Bonchev–Trinajstić information content (AvgIpc) is 2.74. The number of halogens is 1. The van der Waals surface area contributed by atoms with Gasteiger partial charge in [0.15, 0.2) is 0 Å². The molecule has 1 heterocycles. The van der Waals surface area contributed by atoms with Gasteiger partial charge in [-0.15, -0.1) is 0 Å². The second kappa shape index (κ2) is 4.09. The lowest BCUT2D eigenvalue weighted by atomic mass is 10.0. The molecule has 0 amide bonds. The Labute approximate surface area is 93.5 Å². The monoisotopic (exact) mass is 221 g/mol. The highest BCUT2D eigenvalue weighted by Gasteiger charge is 2.14. The first-order valence-electron chi connectivity index (χ1n) is 4.76. The third-order valence-corrected chi connectivity index (χ3v) is 2.93. The quantitative estimate of drug-likeness (QED) is 0.804. The summed E-state index contributed by atoms with van der Waals surface area (Å²) in [5, 5.41) is 10.8. The summed E-state index contributed by atoms with van der Waals surface area (Å²) in [4.78, 5) is 2.99. The van der Waals surface area contributed by atoms with Gasteiger partial charge in [0.1, 0.15) is 6.10 Å². The second-order valence-electron chi connectivity index (χ2n) is 3.48. The van der Waals surface area contributed by atoms with Crippen LogP contribution in [0.25, 0.3) is 0 Å². The van der Waals surface area contributed by atoms with Crippen molar-refractivity contribution in [2.45, 2.75) is 13.0 Å². The van der Waals surface area contributed by atoms with E-state index in [1.807, 2.05) is 37.3 Å². The summed E-state index contributed by atoms with van der Waals surface area (Å²) in [6.45, 7) is 1.91. The van der Waals surface area contributed by atoms with Crippen molar-refractivity contribution < 1.29 is 5.11 Å². The van der Waals surface area contributed by atoms with E-state index in [-0.39, 0.29) is 0 Å². The first kappa shape index (κ1) is 10.3. The Bertz CT molecular complexity index is 451. The van der Waals surface area contributed by atoms with Gasteiger partial charge >= 0.3 is 0 Å². The van der Waals surface area contributed by atoms with E-state index >= 15 is 0 Å². The van der Waals surface area contributed by atoms with Gasteiger partial charge in [-0.2, -0.15) is 0 Å². The molecule has 0 aliphatic carbocycles. The van der Waals surface area contributed by atoms with E-state index < -0.39 is 6.10 Å². The fourth-order valence-electron chi connectivity index (χ4n) is 1.60. The SMILES string of the molecule is Cc1c(Cl)cccc1C(O)c1ccc[nH]1. The fourth-order valence-corrected chi connectivity index (χ4v) is 1.78. The molecular weight excluding hydrogens is 210 g/mol. The predicted molar refractivity (Wildman–Crippen MR) is 61.0 cm³/mol. The molecule has 0 fully saturated rings. The third-order valence-electron chi connectivity index (χ3n) is 2.52. The van der Waals surface area contributed by atoms with Gasteiger partial charge in [0.2, 0.25) is 0 Å². The first-order valence-corrected chi connectivity index (χ1v) is 5.14. The summed E-state index contributed by atoms with van der Waals surface area (Å²) in [5.74, 6) is 0. The minimum Gasteiger partial charge on any atom is -0.382 e. The van der Waals surface area contributed by atoms with Gasteiger partial charge in [-0.1, -0.05) is 23.7 Å². The third kappa shape index (κ3) is 1.91. The van der Waals surface area contributed by atoms with Crippen LogP contribution in [0.5, 0.6) is 0 Å². The summed E-state index contributed by atoms with van der Waals surface area (Å²) in [6, 6.07) is 9.26. The van der Waals surface area contributed by atoms with Crippen molar-refractivity contribution in [3.05, 3.63) is 58.4 Å². The smallest absolute Gasteiger partial charge is 0.119 e. The molecule has 1 aromatic heterocycles. The standard InChI is InChI=1S/C12H12ClNO/c1-8-9(4-2-5-10(8)13)12(15)11-6-3-7-14-11/h2-7,12,14-15H,1H3.